The zero-order valence-electron chi connectivity index (χ0n) is 19.7. The van der Waals surface area contributed by atoms with Crippen molar-refractivity contribution in [2.24, 2.45) is 7.05 Å². The summed E-state index contributed by atoms with van der Waals surface area (Å²) >= 11 is 0. The van der Waals surface area contributed by atoms with E-state index in [1.807, 2.05) is 30.3 Å². The van der Waals surface area contributed by atoms with Gasteiger partial charge in [-0.15, -0.1) is 10.2 Å². The van der Waals surface area contributed by atoms with Crippen LogP contribution in [-0.2, 0) is 19.8 Å². The Labute approximate surface area is 209 Å². The Hall–Kier alpha value is -4.05. The van der Waals surface area contributed by atoms with Crippen molar-refractivity contribution in [3.63, 3.8) is 0 Å². The molecule has 188 valence electrons. The predicted octanol–water partition coefficient (Wildman–Crippen LogP) is 6.37. The third kappa shape index (κ3) is 4.37. The summed E-state index contributed by atoms with van der Waals surface area (Å²) < 4.78 is 64.9. The van der Waals surface area contributed by atoms with Gasteiger partial charge < -0.3 is 14.3 Å². The quantitative estimate of drug-likeness (QED) is 0.271. The fourth-order valence-corrected chi connectivity index (χ4v) is 4.45. The zero-order valence-corrected chi connectivity index (χ0v) is 19.7. The van der Waals surface area contributed by atoms with Gasteiger partial charge in [0.2, 0.25) is 5.89 Å². The van der Waals surface area contributed by atoms with Gasteiger partial charge in [0, 0.05) is 25.2 Å². The molecule has 0 unspecified atom stereocenters. The summed E-state index contributed by atoms with van der Waals surface area (Å²) in [6.07, 6.45) is -1.21. The first kappa shape index (κ1) is 23.4. The topological polar surface area (TPSA) is 68.8 Å². The molecule has 1 saturated carbocycles. The number of nitrogens with one attached hydrogen (secondary N) is 1. The maximum absolute atomic E-state index is 15.5. The Morgan fingerprint density at radius 1 is 1.05 bits per heavy atom. The van der Waals surface area contributed by atoms with Crippen LogP contribution in [0.1, 0.15) is 24.0 Å². The molecule has 6 rings (SSSR count). The summed E-state index contributed by atoms with van der Waals surface area (Å²) in [5.41, 5.74) is 0.663. The molecule has 0 aliphatic heterocycles. The Balaban J connectivity index is 1.59. The van der Waals surface area contributed by atoms with Crippen molar-refractivity contribution in [1.29, 1.82) is 0 Å². The molecule has 3 aromatic carbocycles. The van der Waals surface area contributed by atoms with Crippen LogP contribution in [0.15, 0.2) is 65.3 Å². The first-order chi connectivity index (χ1) is 17.8. The number of halogens is 4. The van der Waals surface area contributed by atoms with Crippen LogP contribution in [0.5, 0.6) is 0 Å². The van der Waals surface area contributed by atoms with Crippen LogP contribution < -0.4 is 5.32 Å². The van der Waals surface area contributed by atoms with Gasteiger partial charge in [-0.05, 0) is 47.7 Å². The van der Waals surface area contributed by atoms with Gasteiger partial charge in [0.1, 0.15) is 23.2 Å². The molecule has 0 bridgehead atoms. The number of nitrogens with zero attached hydrogens (tertiary/aromatic N) is 4. The Kier molecular flexibility index (Phi) is 5.56. The van der Waals surface area contributed by atoms with Crippen LogP contribution in [0.25, 0.3) is 45.1 Å². The first-order valence-corrected chi connectivity index (χ1v) is 11.8. The van der Waals surface area contributed by atoms with Gasteiger partial charge in [-0.2, -0.15) is 13.2 Å². The average Bonchev–Trinajstić information content (AvgIpc) is 3.46. The third-order valence-corrected chi connectivity index (χ3v) is 6.42. The van der Waals surface area contributed by atoms with E-state index in [1.54, 1.807) is 23.7 Å². The molecule has 0 radical (unpaired) electrons. The van der Waals surface area contributed by atoms with E-state index in [-0.39, 0.29) is 23.5 Å². The number of rotatable bonds is 6. The Morgan fingerprint density at radius 2 is 1.84 bits per heavy atom. The number of hydrogen-bond acceptors (Lipinski definition) is 5. The molecule has 5 aromatic rings. The summed E-state index contributed by atoms with van der Waals surface area (Å²) in [6, 6.07) is 15.0. The fourth-order valence-electron chi connectivity index (χ4n) is 4.45. The number of benzene rings is 3. The van der Waals surface area contributed by atoms with E-state index in [1.165, 1.54) is 12.4 Å². The molecule has 10 heteroatoms. The minimum Gasteiger partial charge on any atom is -0.435 e. The van der Waals surface area contributed by atoms with Crippen molar-refractivity contribution in [2.75, 3.05) is 0 Å². The number of alkyl halides is 3. The number of oxazole rings is 1. The highest BCUT2D eigenvalue weighted by molar-refractivity contribution is 5.92. The SMILES string of the molecule is Cn1cnnc1-c1c(-c2ccccc2)ccc(F)c1-c1nc2cc(CNC3CC3)cc(C(F)(F)F)c2o1. The number of aryl methyl sites for hydroxylation is 1. The van der Waals surface area contributed by atoms with Gasteiger partial charge in [-0.1, -0.05) is 36.4 Å². The fraction of sp³-hybridized carbons (Fsp3) is 0.222. The van der Waals surface area contributed by atoms with E-state index in [4.69, 9.17) is 4.42 Å². The highest BCUT2D eigenvalue weighted by Crippen LogP contribution is 2.43. The Morgan fingerprint density at radius 3 is 2.51 bits per heavy atom. The summed E-state index contributed by atoms with van der Waals surface area (Å²) in [4.78, 5) is 4.36. The second-order valence-corrected chi connectivity index (χ2v) is 9.14. The standard InChI is InChI=1S/C27H21F4N5O/c1-36-14-33-35-25(36)22-18(16-5-3-2-4-6-16)9-10-20(28)23(22)26-34-21-12-15(13-32-17-7-8-17)11-19(24(21)37-26)27(29,30)31/h2-6,9-12,14,17,32H,7-8,13H2,1H3. The molecule has 1 aliphatic carbocycles. The molecular formula is C27H21F4N5O. The molecule has 2 heterocycles. The summed E-state index contributed by atoms with van der Waals surface area (Å²) in [7, 11) is 1.70. The van der Waals surface area contributed by atoms with Crippen LogP contribution in [0.2, 0.25) is 0 Å². The van der Waals surface area contributed by atoms with Gasteiger partial charge in [-0.3, -0.25) is 0 Å². The van der Waals surface area contributed by atoms with E-state index >= 15 is 4.39 Å². The molecule has 1 N–H and O–H groups in total. The molecule has 0 saturated heterocycles. The van der Waals surface area contributed by atoms with Crippen LogP contribution >= 0.6 is 0 Å². The van der Waals surface area contributed by atoms with Crippen LogP contribution in [-0.4, -0.2) is 25.8 Å². The van der Waals surface area contributed by atoms with Crippen LogP contribution in [0, 0.1) is 5.82 Å². The molecule has 2 aromatic heterocycles. The van der Waals surface area contributed by atoms with E-state index in [9.17, 15) is 13.2 Å². The number of fused-ring (bicyclic) bond motifs is 1. The van der Waals surface area contributed by atoms with Crippen molar-refractivity contribution < 1.29 is 22.0 Å². The van der Waals surface area contributed by atoms with Crippen LogP contribution in [0.3, 0.4) is 0 Å². The minimum atomic E-state index is -4.68. The van der Waals surface area contributed by atoms with Crippen molar-refractivity contribution in [2.45, 2.75) is 31.6 Å². The van der Waals surface area contributed by atoms with Gasteiger partial charge in [-0.25, -0.2) is 9.37 Å². The lowest BCUT2D eigenvalue weighted by atomic mass is 9.94. The minimum absolute atomic E-state index is 0.00542. The second-order valence-electron chi connectivity index (χ2n) is 9.14. The van der Waals surface area contributed by atoms with Crippen molar-refractivity contribution in [3.8, 4) is 34.0 Å². The van der Waals surface area contributed by atoms with E-state index in [2.05, 4.69) is 20.5 Å². The van der Waals surface area contributed by atoms with Gasteiger partial charge >= 0.3 is 6.18 Å². The lowest BCUT2D eigenvalue weighted by Gasteiger charge is -2.14. The molecule has 1 fully saturated rings. The maximum Gasteiger partial charge on any atom is 0.420 e. The molecule has 0 atom stereocenters. The van der Waals surface area contributed by atoms with Gasteiger partial charge in [0.25, 0.3) is 0 Å². The molecule has 0 amide bonds. The van der Waals surface area contributed by atoms with E-state index in [0.29, 0.717) is 28.6 Å². The van der Waals surface area contributed by atoms with Crippen molar-refractivity contribution >= 4 is 11.1 Å². The molecule has 0 spiro atoms. The largest absolute Gasteiger partial charge is 0.435 e. The highest BCUT2D eigenvalue weighted by atomic mass is 19.4. The van der Waals surface area contributed by atoms with Crippen LogP contribution in [0.4, 0.5) is 17.6 Å². The van der Waals surface area contributed by atoms with Crippen molar-refractivity contribution in [1.82, 2.24) is 25.1 Å². The molecule has 6 nitrogen and oxygen atoms in total. The number of aromatic nitrogens is 4. The van der Waals surface area contributed by atoms with Crippen molar-refractivity contribution in [3.05, 3.63) is 77.9 Å². The van der Waals surface area contributed by atoms with E-state index in [0.717, 1.165) is 24.5 Å². The third-order valence-electron chi connectivity index (χ3n) is 6.42. The first-order valence-electron chi connectivity index (χ1n) is 11.8. The lowest BCUT2D eigenvalue weighted by Crippen LogP contribution is -2.16. The van der Waals surface area contributed by atoms with E-state index < -0.39 is 23.1 Å². The highest BCUT2D eigenvalue weighted by Gasteiger charge is 2.36. The summed E-state index contributed by atoms with van der Waals surface area (Å²) in [6.45, 7) is 0.272. The lowest BCUT2D eigenvalue weighted by molar-refractivity contribution is -0.136. The van der Waals surface area contributed by atoms with Gasteiger partial charge in [0.05, 0.1) is 5.56 Å². The zero-order chi connectivity index (χ0) is 25.7. The normalized spacial score (nSPS) is 14.0. The number of hydrogen-bond donors (Lipinski definition) is 1. The maximum atomic E-state index is 15.5. The Bertz CT molecular complexity index is 1600. The second kappa shape index (κ2) is 8.81. The summed E-state index contributed by atoms with van der Waals surface area (Å²) in [5.74, 6) is -0.643. The average molecular weight is 507 g/mol. The molecule has 1 aliphatic rings. The smallest absolute Gasteiger partial charge is 0.420 e. The monoisotopic (exact) mass is 507 g/mol. The molecular weight excluding hydrogens is 486 g/mol. The summed E-state index contributed by atoms with van der Waals surface area (Å²) in [5, 5.41) is 11.3. The van der Waals surface area contributed by atoms with Gasteiger partial charge in [0.15, 0.2) is 11.4 Å². The predicted molar refractivity (Wildman–Crippen MR) is 130 cm³/mol. The molecule has 37 heavy (non-hydrogen) atoms.